The molecule has 0 aliphatic carbocycles. The fraction of sp³-hybridized carbons (Fsp3) is 0.154. The van der Waals surface area contributed by atoms with Crippen molar-refractivity contribution < 1.29 is 4.39 Å². The first-order chi connectivity index (χ1) is 9.43. The summed E-state index contributed by atoms with van der Waals surface area (Å²) in [5, 5.41) is 8.91. The molecule has 0 atom stereocenters. The molecule has 0 spiro atoms. The van der Waals surface area contributed by atoms with Gasteiger partial charge in [-0.25, -0.2) is 9.18 Å². The molecular formula is C13H9ClFN3O2. The van der Waals surface area contributed by atoms with Gasteiger partial charge in [0.05, 0.1) is 18.2 Å². The van der Waals surface area contributed by atoms with Crippen molar-refractivity contribution in [3.05, 3.63) is 67.2 Å². The van der Waals surface area contributed by atoms with E-state index in [1.807, 2.05) is 6.07 Å². The predicted molar refractivity (Wildman–Crippen MR) is 71.2 cm³/mol. The van der Waals surface area contributed by atoms with Crippen molar-refractivity contribution in [2.24, 2.45) is 7.05 Å². The standard InChI is InChI=1S/C13H9ClFN3O2/c1-17-12(19)5-11(14)18(13(17)20)7-9-4-10(15)3-2-8(9)6-16/h2-5H,7H2,1H3. The van der Waals surface area contributed by atoms with Gasteiger partial charge < -0.3 is 0 Å². The Balaban J connectivity index is 2.60. The fourth-order valence-corrected chi connectivity index (χ4v) is 1.98. The zero-order valence-electron chi connectivity index (χ0n) is 10.4. The second-order valence-electron chi connectivity index (χ2n) is 4.15. The van der Waals surface area contributed by atoms with Crippen LogP contribution in [-0.4, -0.2) is 9.13 Å². The average Bonchev–Trinajstić information content (AvgIpc) is 2.41. The normalized spacial score (nSPS) is 10.3. The first-order valence-electron chi connectivity index (χ1n) is 5.59. The SMILES string of the molecule is Cn1c(=O)cc(Cl)n(Cc2cc(F)ccc2C#N)c1=O. The van der Waals surface area contributed by atoms with Crippen LogP contribution in [0.5, 0.6) is 0 Å². The Kier molecular flexibility index (Phi) is 3.72. The Morgan fingerprint density at radius 3 is 2.70 bits per heavy atom. The number of nitrogens with zero attached hydrogens (tertiary/aromatic N) is 3. The average molecular weight is 294 g/mol. The predicted octanol–water partition coefficient (Wildman–Crippen LogP) is 1.26. The minimum Gasteiger partial charge on any atom is -0.279 e. The van der Waals surface area contributed by atoms with Crippen molar-refractivity contribution in [3.8, 4) is 6.07 Å². The molecule has 7 heteroatoms. The first kappa shape index (κ1) is 14.0. The Morgan fingerprint density at radius 1 is 1.35 bits per heavy atom. The minimum absolute atomic E-state index is 0.0637. The van der Waals surface area contributed by atoms with Crippen LogP contribution in [0.2, 0.25) is 5.15 Å². The van der Waals surface area contributed by atoms with Crippen LogP contribution in [0.15, 0.2) is 33.9 Å². The molecule has 0 bridgehead atoms. The molecule has 2 aromatic rings. The third-order valence-corrected chi connectivity index (χ3v) is 3.18. The van der Waals surface area contributed by atoms with E-state index in [0.717, 1.165) is 27.3 Å². The zero-order valence-corrected chi connectivity index (χ0v) is 11.2. The van der Waals surface area contributed by atoms with Crippen LogP contribution in [0.25, 0.3) is 0 Å². The van der Waals surface area contributed by atoms with Crippen LogP contribution in [0.4, 0.5) is 4.39 Å². The molecule has 0 aliphatic heterocycles. The summed E-state index contributed by atoms with van der Waals surface area (Å²) in [7, 11) is 1.31. The van der Waals surface area contributed by atoms with Crippen LogP contribution in [0.3, 0.4) is 0 Å². The summed E-state index contributed by atoms with van der Waals surface area (Å²) in [6.07, 6.45) is 0. The molecule has 0 unspecified atom stereocenters. The van der Waals surface area contributed by atoms with Gasteiger partial charge in [-0.3, -0.25) is 13.9 Å². The van der Waals surface area contributed by atoms with Gasteiger partial charge in [0, 0.05) is 13.1 Å². The number of benzene rings is 1. The van der Waals surface area contributed by atoms with Crippen molar-refractivity contribution in [3.63, 3.8) is 0 Å². The van der Waals surface area contributed by atoms with E-state index in [1.54, 1.807) is 0 Å². The number of aromatic nitrogens is 2. The van der Waals surface area contributed by atoms with E-state index >= 15 is 0 Å². The Hall–Kier alpha value is -2.39. The molecule has 102 valence electrons. The summed E-state index contributed by atoms with van der Waals surface area (Å²) in [5.74, 6) is -0.520. The first-order valence-corrected chi connectivity index (χ1v) is 5.96. The molecule has 0 saturated carbocycles. The number of halogens is 2. The van der Waals surface area contributed by atoms with Crippen molar-refractivity contribution >= 4 is 11.6 Å². The minimum atomic E-state index is -0.629. The highest BCUT2D eigenvalue weighted by Gasteiger charge is 2.11. The monoisotopic (exact) mass is 293 g/mol. The van der Waals surface area contributed by atoms with Crippen LogP contribution in [0.1, 0.15) is 11.1 Å². The lowest BCUT2D eigenvalue weighted by molar-refractivity contribution is 0.615. The third-order valence-electron chi connectivity index (χ3n) is 2.87. The van der Waals surface area contributed by atoms with E-state index < -0.39 is 17.1 Å². The zero-order chi connectivity index (χ0) is 14.9. The van der Waals surface area contributed by atoms with Crippen LogP contribution in [-0.2, 0) is 13.6 Å². The highest BCUT2D eigenvalue weighted by Crippen LogP contribution is 2.13. The van der Waals surface area contributed by atoms with E-state index in [9.17, 15) is 14.0 Å². The molecule has 0 saturated heterocycles. The highest BCUT2D eigenvalue weighted by atomic mass is 35.5. The number of hydrogen-bond donors (Lipinski definition) is 0. The lowest BCUT2D eigenvalue weighted by Crippen LogP contribution is -2.38. The quantitative estimate of drug-likeness (QED) is 0.783. The maximum atomic E-state index is 13.2. The summed E-state index contributed by atoms with van der Waals surface area (Å²) in [6, 6.07) is 6.65. The second-order valence-corrected chi connectivity index (χ2v) is 4.53. The van der Waals surface area contributed by atoms with Crippen molar-refractivity contribution in [2.75, 3.05) is 0 Å². The maximum absolute atomic E-state index is 13.2. The van der Waals surface area contributed by atoms with Crippen molar-refractivity contribution in [2.45, 2.75) is 6.54 Å². The highest BCUT2D eigenvalue weighted by molar-refractivity contribution is 6.29. The van der Waals surface area contributed by atoms with Crippen molar-refractivity contribution in [1.29, 1.82) is 5.26 Å². The summed E-state index contributed by atoms with van der Waals surface area (Å²) >= 11 is 5.86. The molecule has 0 radical (unpaired) electrons. The third kappa shape index (κ3) is 2.49. The van der Waals surface area contributed by atoms with Gasteiger partial charge in [0.15, 0.2) is 0 Å². The number of rotatable bonds is 2. The van der Waals surface area contributed by atoms with E-state index in [2.05, 4.69) is 0 Å². The van der Waals surface area contributed by atoms with Gasteiger partial charge in [-0.05, 0) is 23.8 Å². The van der Waals surface area contributed by atoms with E-state index in [4.69, 9.17) is 16.9 Å². The molecule has 20 heavy (non-hydrogen) atoms. The summed E-state index contributed by atoms with van der Waals surface area (Å²) in [4.78, 5) is 23.4. The fourth-order valence-electron chi connectivity index (χ4n) is 1.76. The summed E-state index contributed by atoms with van der Waals surface area (Å²) < 4.78 is 15.2. The topological polar surface area (TPSA) is 67.8 Å². The molecule has 1 aromatic heterocycles. The van der Waals surface area contributed by atoms with E-state index in [-0.39, 0.29) is 17.3 Å². The van der Waals surface area contributed by atoms with Gasteiger partial charge in [0.25, 0.3) is 5.56 Å². The maximum Gasteiger partial charge on any atom is 0.332 e. The van der Waals surface area contributed by atoms with Gasteiger partial charge in [0.2, 0.25) is 0 Å². The lowest BCUT2D eigenvalue weighted by Gasteiger charge is -2.10. The summed E-state index contributed by atoms with van der Waals surface area (Å²) in [5.41, 5.74) is -0.606. The molecule has 1 aromatic carbocycles. The van der Waals surface area contributed by atoms with Crippen LogP contribution in [0, 0.1) is 17.1 Å². The summed E-state index contributed by atoms with van der Waals surface area (Å²) in [6.45, 7) is -0.0908. The van der Waals surface area contributed by atoms with Gasteiger partial charge in [-0.15, -0.1) is 0 Å². The van der Waals surface area contributed by atoms with Gasteiger partial charge in [-0.1, -0.05) is 11.6 Å². The molecule has 2 rings (SSSR count). The Labute approximate surface area is 118 Å². The smallest absolute Gasteiger partial charge is 0.279 e. The molecule has 5 nitrogen and oxygen atoms in total. The molecule has 1 heterocycles. The molecule has 0 N–H and O–H groups in total. The van der Waals surface area contributed by atoms with Gasteiger partial charge >= 0.3 is 5.69 Å². The molecule has 0 amide bonds. The van der Waals surface area contributed by atoms with Gasteiger partial charge in [-0.2, -0.15) is 5.26 Å². The van der Waals surface area contributed by atoms with Crippen LogP contribution < -0.4 is 11.2 Å². The molecular weight excluding hydrogens is 285 g/mol. The lowest BCUT2D eigenvalue weighted by atomic mass is 10.1. The largest absolute Gasteiger partial charge is 0.332 e. The van der Waals surface area contributed by atoms with Gasteiger partial charge in [0.1, 0.15) is 11.0 Å². The second kappa shape index (κ2) is 5.31. The van der Waals surface area contributed by atoms with Crippen LogP contribution >= 0.6 is 11.6 Å². The molecule has 0 aliphatic rings. The molecule has 0 fully saturated rings. The number of hydrogen-bond acceptors (Lipinski definition) is 3. The Bertz CT molecular complexity index is 833. The number of nitriles is 1. The van der Waals surface area contributed by atoms with Crippen molar-refractivity contribution in [1.82, 2.24) is 9.13 Å². The van der Waals surface area contributed by atoms with E-state index in [1.165, 1.54) is 13.1 Å². The Morgan fingerprint density at radius 2 is 2.05 bits per heavy atom. The van der Waals surface area contributed by atoms with E-state index in [0.29, 0.717) is 5.56 Å².